The third-order valence-corrected chi connectivity index (χ3v) is 10.1. The second kappa shape index (κ2) is 11.0. The van der Waals surface area contributed by atoms with Crippen LogP contribution >= 0.6 is 0 Å². The fraction of sp³-hybridized carbons (Fsp3) is 0.400. The van der Waals surface area contributed by atoms with Crippen LogP contribution in [-0.4, -0.2) is 0 Å². The van der Waals surface area contributed by atoms with Crippen LogP contribution in [0.3, 0.4) is 0 Å². The third kappa shape index (κ3) is 4.36. The highest BCUT2D eigenvalue weighted by Gasteiger charge is 2.46. The van der Waals surface area contributed by atoms with Crippen LogP contribution in [0.5, 0.6) is 0 Å². The van der Waals surface area contributed by atoms with Crippen molar-refractivity contribution >= 4 is 0 Å². The average molecular weight is 527 g/mol. The fourth-order valence-corrected chi connectivity index (χ4v) is 7.98. The predicted molar refractivity (Wildman–Crippen MR) is 173 cm³/mol. The van der Waals surface area contributed by atoms with Gasteiger partial charge in [0.25, 0.3) is 0 Å². The van der Waals surface area contributed by atoms with E-state index in [2.05, 4.69) is 124 Å². The summed E-state index contributed by atoms with van der Waals surface area (Å²) < 4.78 is 0. The minimum atomic E-state index is -0.0720. The molecule has 0 aromatic heterocycles. The second-order valence-corrected chi connectivity index (χ2v) is 12.6. The first-order chi connectivity index (χ1) is 19.6. The van der Waals surface area contributed by atoms with Gasteiger partial charge in [-0.1, -0.05) is 156 Å². The molecule has 4 aliphatic rings. The lowest BCUT2D eigenvalue weighted by atomic mass is 9.60. The maximum Gasteiger partial charge on any atom is 0.0324 e. The Labute approximate surface area is 243 Å². The molecule has 206 valence electrons. The summed E-state index contributed by atoms with van der Waals surface area (Å²) in [5, 5.41) is 0. The van der Waals surface area contributed by atoms with Crippen LogP contribution in [0.4, 0.5) is 0 Å². The van der Waals surface area contributed by atoms with E-state index in [4.69, 9.17) is 0 Å². The van der Waals surface area contributed by atoms with Crippen molar-refractivity contribution in [3.63, 3.8) is 0 Å². The topological polar surface area (TPSA) is 0 Å². The first-order valence-electron chi connectivity index (χ1n) is 16.0. The summed E-state index contributed by atoms with van der Waals surface area (Å²) in [6.45, 7) is 7.01. The Morgan fingerprint density at radius 1 is 0.550 bits per heavy atom. The van der Waals surface area contributed by atoms with Gasteiger partial charge in [-0.25, -0.2) is 0 Å². The molecule has 0 amide bonds. The van der Waals surface area contributed by atoms with Crippen molar-refractivity contribution in [1.82, 2.24) is 0 Å². The van der Waals surface area contributed by atoms with Gasteiger partial charge in [-0.05, 0) is 70.7 Å². The molecule has 0 spiro atoms. The highest BCUT2D eigenvalue weighted by atomic mass is 14.5. The van der Waals surface area contributed by atoms with Crippen LogP contribution in [0.1, 0.15) is 106 Å². The van der Waals surface area contributed by atoms with Crippen molar-refractivity contribution in [2.75, 3.05) is 0 Å². The van der Waals surface area contributed by atoms with Gasteiger partial charge in [-0.3, -0.25) is 0 Å². The Hall–Kier alpha value is -3.12. The molecule has 2 aromatic carbocycles. The lowest BCUT2D eigenvalue weighted by Gasteiger charge is -2.42. The number of hydrogen-bond acceptors (Lipinski definition) is 0. The second-order valence-electron chi connectivity index (χ2n) is 12.6. The summed E-state index contributed by atoms with van der Waals surface area (Å²) in [6.07, 6.45) is 41.0. The average Bonchev–Trinajstić information content (AvgIpc) is 3.80. The number of hydrogen-bond donors (Lipinski definition) is 0. The first kappa shape index (κ1) is 27.1. The Kier molecular flexibility index (Phi) is 7.47. The molecule has 4 aliphatic carbocycles. The Morgan fingerprint density at radius 2 is 1.02 bits per heavy atom. The van der Waals surface area contributed by atoms with E-state index in [0.29, 0.717) is 0 Å². The van der Waals surface area contributed by atoms with Gasteiger partial charge in [0, 0.05) is 16.2 Å². The molecule has 0 nitrogen and oxygen atoms in total. The van der Waals surface area contributed by atoms with Crippen LogP contribution in [-0.2, 0) is 22.7 Å². The van der Waals surface area contributed by atoms with Gasteiger partial charge >= 0.3 is 0 Å². The SMILES string of the molecule is CCCCC1(c2cc3c(c(C4(CCCC)C=CC=C4)c2C2(CCCC)C=CC=C2)Cc2ccccc2-3)C=CC=C1. The Balaban J connectivity index is 1.74. The van der Waals surface area contributed by atoms with E-state index >= 15 is 0 Å². The summed E-state index contributed by atoms with van der Waals surface area (Å²) in [6, 6.07) is 11.8. The molecular weight excluding hydrogens is 480 g/mol. The number of fused-ring (bicyclic) bond motifs is 3. The van der Waals surface area contributed by atoms with E-state index in [-0.39, 0.29) is 16.2 Å². The molecule has 6 rings (SSSR count). The van der Waals surface area contributed by atoms with E-state index in [1.807, 2.05) is 0 Å². The van der Waals surface area contributed by atoms with Crippen LogP contribution < -0.4 is 0 Å². The zero-order valence-corrected chi connectivity index (χ0v) is 24.9. The van der Waals surface area contributed by atoms with Crippen LogP contribution in [0.2, 0.25) is 0 Å². The van der Waals surface area contributed by atoms with Crippen molar-refractivity contribution in [3.05, 3.63) is 131 Å². The quantitative estimate of drug-likeness (QED) is 0.220. The van der Waals surface area contributed by atoms with Crippen LogP contribution in [0.25, 0.3) is 11.1 Å². The van der Waals surface area contributed by atoms with Gasteiger partial charge in [0.05, 0.1) is 0 Å². The molecule has 0 bridgehead atoms. The summed E-state index contributed by atoms with van der Waals surface area (Å²) in [5.74, 6) is 0. The molecule has 40 heavy (non-hydrogen) atoms. The predicted octanol–water partition coefficient (Wildman–Crippen LogP) is 10.9. The molecule has 0 unspecified atom stereocenters. The smallest absolute Gasteiger partial charge is 0.0324 e. The molecule has 0 fully saturated rings. The number of rotatable bonds is 12. The number of benzene rings is 2. The largest absolute Gasteiger partial charge is 0.0702 e. The molecule has 0 atom stereocenters. The van der Waals surface area contributed by atoms with Gasteiger partial charge in [-0.15, -0.1) is 0 Å². The van der Waals surface area contributed by atoms with Gasteiger partial charge in [-0.2, -0.15) is 0 Å². The monoisotopic (exact) mass is 526 g/mol. The molecular formula is C40H46. The Morgan fingerprint density at radius 3 is 1.57 bits per heavy atom. The van der Waals surface area contributed by atoms with Crippen molar-refractivity contribution in [1.29, 1.82) is 0 Å². The molecule has 2 aromatic rings. The molecule has 0 saturated heterocycles. The maximum absolute atomic E-state index is 2.65. The zero-order chi connectivity index (χ0) is 27.6. The van der Waals surface area contributed by atoms with Crippen molar-refractivity contribution in [2.45, 2.75) is 101 Å². The highest BCUT2D eigenvalue weighted by Crippen LogP contribution is 2.56. The molecule has 0 saturated carbocycles. The lowest BCUT2D eigenvalue weighted by Crippen LogP contribution is -2.35. The third-order valence-electron chi connectivity index (χ3n) is 10.1. The van der Waals surface area contributed by atoms with Crippen molar-refractivity contribution in [2.24, 2.45) is 0 Å². The van der Waals surface area contributed by atoms with Crippen LogP contribution in [0, 0.1) is 0 Å². The van der Waals surface area contributed by atoms with E-state index in [9.17, 15) is 0 Å². The van der Waals surface area contributed by atoms with Crippen LogP contribution in [0.15, 0.2) is 103 Å². The minimum absolute atomic E-state index is 0.0606. The Bertz CT molecular complexity index is 1400. The normalized spacial score (nSPS) is 19.7. The number of allylic oxidation sites excluding steroid dienone is 12. The fourth-order valence-electron chi connectivity index (χ4n) is 7.98. The summed E-state index contributed by atoms with van der Waals surface area (Å²) >= 11 is 0. The molecule has 0 heterocycles. The van der Waals surface area contributed by atoms with Gasteiger partial charge in [0.15, 0.2) is 0 Å². The number of unbranched alkanes of at least 4 members (excludes halogenated alkanes) is 3. The molecule has 0 radical (unpaired) electrons. The van der Waals surface area contributed by atoms with E-state index in [0.717, 1.165) is 19.3 Å². The minimum Gasteiger partial charge on any atom is -0.0702 e. The van der Waals surface area contributed by atoms with Crippen molar-refractivity contribution < 1.29 is 0 Å². The van der Waals surface area contributed by atoms with E-state index in [1.54, 1.807) is 22.3 Å². The lowest BCUT2D eigenvalue weighted by molar-refractivity contribution is 0.500. The highest BCUT2D eigenvalue weighted by molar-refractivity contribution is 5.82. The maximum atomic E-state index is 2.65. The van der Waals surface area contributed by atoms with Gasteiger partial charge in [0.2, 0.25) is 0 Å². The molecule has 0 N–H and O–H groups in total. The summed E-state index contributed by atoms with van der Waals surface area (Å²) in [7, 11) is 0. The molecule has 0 aliphatic heterocycles. The standard InChI is InChI=1S/C40H46/c1-4-7-20-38(23-12-13-24-38)35-30-33-32-19-11-10-18-31(32)29-34(33)36(39(21-8-5-2)25-14-15-26-39)37(35)40(22-9-6-3)27-16-17-28-40/h10-19,23-28,30H,4-9,20-22,29H2,1-3H3. The zero-order valence-electron chi connectivity index (χ0n) is 24.9. The van der Waals surface area contributed by atoms with Gasteiger partial charge in [0.1, 0.15) is 0 Å². The summed E-state index contributed by atoms with van der Waals surface area (Å²) in [5.41, 5.74) is 10.6. The van der Waals surface area contributed by atoms with Gasteiger partial charge < -0.3 is 0 Å². The van der Waals surface area contributed by atoms with E-state index < -0.39 is 0 Å². The molecule has 0 heteroatoms. The van der Waals surface area contributed by atoms with Crippen molar-refractivity contribution in [3.8, 4) is 11.1 Å². The summed E-state index contributed by atoms with van der Waals surface area (Å²) in [4.78, 5) is 0. The van der Waals surface area contributed by atoms with E-state index in [1.165, 1.54) is 61.6 Å². The first-order valence-corrected chi connectivity index (χ1v) is 16.0.